The van der Waals surface area contributed by atoms with Gasteiger partial charge in [0, 0.05) is 17.8 Å². The molecular weight excluding hydrogens is 432 g/mol. The topological polar surface area (TPSA) is 69.0 Å². The fourth-order valence-corrected chi connectivity index (χ4v) is 4.42. The Morgan fingerprint density at radius 1 is 0.970 bits per heavy atom. The van der Waals surface area contributed by atoms with Gasteiger partial charge in [0.2, 0.25) is 5.91 Å². The van der Waals surface area contributed by atoms with Gasteiger partial charge in [-0.2, -0.15) is 0 Å². The first-order valence-electron chi connectivity index (χ1n) is 10.7. The van der Waals surface area contributed by atoms with Gasteiger partial charge in [0.25, 0.3) is 0 Å². The molecule has 0 atom stereocenters. The Kier molecular flexibility index (Phi) is 7.10. The SMILES string of the molecule is COc1ccc(Cc2nnc(SCC(=O)Nc3cc(C)cc(C)c3)n2-c2ccccc2)cc1. The Morgan fingerprint density at radius 2 is 1.67 bits per heavy atom. The van der Waals surface area contributed by atoms with Crippen LogP contribution in [0.2, 0.25) is 0 Å². The predicted octanol–water partition coefficient (Wildman–Crippen LogP) is 5.21. The minimum Gasteiger partial charge on any atom is -0.497 e. The zero-order valence-corrected chi connectivity index (χ0v) is 19.7. The van der Waals surface area contributed by atoms with Crippen LogP contribution in [0.3, 0.4) is 0 Å². The number of hydrogen-bond acceptors (Lipinski definition) is 5. The van der Waals surface area contributed by atoms with Crippen LogP contribution in [0.25, 0.3) is 5.69 Å². The maximum atomic E-state index is 12.6. The Bertz CT molecular complexity index is 1220. The number of carbonyl (C=O) groups excluding carboxylic acids is 1. The maximum Gasteiger partial charge on any atom is 0.234 e. The number of para-hydroxylation sites is 1. The molecule has 7 heteroatoms. The average Bonchev–Trinajstić information content (AvgIpc) is 3.20. The Morgan fingerprint density at radius 3 is 2.33 bits per heavy atom. The molecule has 1 aromatic heterocycles. The molecule has 0 saturated heterocycles. The third-order valence-electron chi connectivity index (χ3n) is 5.07. The molecule has 0 unspecified atom stereocenters. The van der Waals surface area contributed by atoms with Crippen molar-refractivity contribution >= 4 is 23.4 Å². The number of nitrogens with zero attached hydrogens (tertiary/aromatic N) is 3. The van der Waals surface area contributed by atoms with Gasteiger partial charge in [-0.05, 0) is 66.9 Å². The lowest BCUT2D eigenvalue weighted by Crippen LogP contribution is -2.15. The second kappa shape index (κ2) is 10.4. The van der Waals surface area contributed by atoms with Crippen molar-refractivity contribution in [2.24, 2.45) is 0 Å². The molecule has 0 spiro atoms. The zero-order valence-electron chi connectivity index (χ0n) is 18.9. The average molecular weight is 459 g/mol. The summed E-state index contributed by atoms with van der Waals surface area (Å²) in [5.74, 6) is 1.78. The van der Waals surface area contributed by atoms with E-state index in [2.05, 4.69) is 21.6 Å². The Hall–Kier alpha value is -3.58. The molecule has 0 radical (unpaired) electrons. The number of carbonyl (C=O) groups is 1. The second-order valence-corrected chi connectivity index (χ2v) is 8.75. The highest BCUT2D eigenvalue weighted by Gasteiger charge is 2.16. The molecule has 1 heterocycles. The molecule has 0 bridgehead atoms. The summed E-state index contributed by atoms with van der Waals surface area (Å²) in [7, 11) is 1.65. The molecule has 33 heavy (non-hydrogen) atoms. The Labute approximate surface area is 198 Å². The smallest absolute Gasteiger partial charge is 0.234 e. The number of aromatic nitrogens is 3. The summed E-state index contributed by atoms with van der Waals surface area (Å²) >= 11 is 1.37. The van der Waals surface area contributed by atoms with Gasteiger partial charge < -0.3 is 10.1 Å². The molecule has 168 valence electrons. The molecule has 4 aromatic rings. The lowest BCUT2D eigenvalue weighted by molar-refractivity contribution is -0.113. The lowest BCUT2D eigenvalue weighted by atomic mass is 10.1. The number of benzene rings is 3. The number of hydrogen-bond donors (Lipinski definition) is 1. The first-order chi connectivity index (χ1) is 16.0. The molecule has 0 aliphatic heterocycles. The number of nitrogens with one attached hydrogen (secondary N) is 1. The number of methoxy groups -OCH3 is 1. The van der Waals surface area contributed by atoms with Crippen molar-refractivity contribution in [2.45, 2.75) is 25.4 Å². The highest BCUT2D eigenvalue weighted by Crippen LogP contribution is 2.24. The van der Waals surface area contributed by atoms with E-state index >= 15 is 0 Å². The largest absolute Gasteiger partial charge is 0.497 e. The number of aryl methyl sites for hydroxylation is 2. The van der Waals surface area contributed by atoms with Crippen molar-refractivity contribution in [3.63, 3.8) is 0 Å². The van der Waals surface area contributed by atoms with E-state index in [1.807, 2.05) is 85.1 Å². The van der Waals surface area contributed by atoms with Crippen LogP contribution in [-0.4, -0.2) is 33.5 Å². The molecule has 6 nitrogen and oxygen atoms in total. The third kappa shape index (κ3) is 5.81. The van der Waals surface area contributed by atoms with E-state index in [1.165, 1.54) is 11.8 Å². The van der Waals surface area contributed by atoms with Crippen LogP contribution in [0.15, 0.2) is 78.0 Å². The standard InChI is InChI=1S/C26H26N4O2S/c1-18-13-19(2)15-21(14-18)27-25(31)17-33-26-29-28-24(30(26)22-7-5-4-6-8-22)16-20-9-11-23(32-3)12-10-20/h4-15H,16-17H2,1-3H3,(H,27,31). The number of amides is 1. The van der Waals surface area contributed by atoms with E-state index in [1.54, 1.807) is 7.11 Å². The highest BCUT2D eigenvalue weighted by molar-refractivity contribution is 7.99. The first kappa shape index (κ1) is 22.6. The van der Waals surface area contributed by atoms with Gasteiger partial charge in [0.1, 0.15) is 11.6 Å². The fraction of sp³-hybridized carbons (Fsp3) is 0.192. The van der Waals surface area contributed by atoms with Gasteiger partial charge in [-0.25, -0.2) is 0 Å². The summed E-state index contributed by atoms with van der Waals surface area (Å²) in [6.07, 6.45) is 0.612. The van der Waals surface area contributed by atoms with Gasteiger partial charge in [0.05, 0.1) is 12.9 Å². The molecule has 0 aliphatic rings. The molecule has 0 aliphatic carbocycles. The van der Waals surface area contributed by atoms with Crippen molar-refractivity contribution < 1.29 is 9.53 Å². The van der Waals surface area contributed by atoms with E-state index in [4.69, 9.17) is 4.74 Å². The van der Waals surface area contributed by atoms with Crippen molar-refractivity contribution in [3.8, 4) is 11.4 Å². The van der Waals surface area contributed by atoms with Gasteiger partial charge in [-0.3, -0.25) is 9.36 Å². The van der Waals surface area contributed by atoms with Gasteiger partial charge in [-0.1, -0.05) is 48.2 Å². The number of ether oxygens (including phenoxy) is 1. The zero-order chi connectivity index (χ0) is 23.2. The van der Waals surface area contributed by atoms with Gasteiger partial charge in [-0.15, -0.1) is 10.2 Å². The molecular formula is C26H26N4O2S. The minimum atomic E-state index is -0.0793. The summed E-state index contributed by atoms with van der Waals surface area (Å²) in [5, 5.41) is 12.5. The molecule has 3 aromatic carbocycles. The summed E-state index contributed by atoms with van der Waals surface area (Å²) in [6.45, 7) is 4.04. The molecule has 0 saturated carbocycles. The lowest BCUT2D eigenvalue weighted by Gasteiger charge is -2.11. The Balaban J connectivity index is 1.53. The van der Waals surface area contributed by atoms with Crippen LogP contribution in [0.1, 0.15) is 22.5 Å². The normalized spacial score (nSPS) is 10.8. The number of rotatable bonds is 8. The van der Waals surface area contributed by atoms with Crippen LogP contribution in [0.5, 0.6) is 5.75 Å². The van der Waals surface area contributed by atoms with E-state index in [0.29, 0.717) is 11.6 Å². The third-order valence-corrected chi connectivity index (χ3v) is 6.00. The summed E-state index contributed by atoms with van der Waals surface area (Å²) in [6, 6.07) is 23.9. The predicted molar refractivity (Wildman–Crippen MR) is 132 cm³/mol. The summed E-state index contributed by atoms with van der Waals surface area (Å²) in [4.78, 5) is 12.6. The van der Waals surface area contributed by atoms with Crippen LogP contribution in [0, 0.1) is 13.8 Å². The second-order valence-electron chi connectivity index (χ2n) is 7.81. The first-order valence-corrected chi connectivity index (χ1v) is 11.6. The molecule has 4 rings (SSSR count). The number of anilines is 1. The molecule has 1 amide bonds. The van der Waals surface area contributed by atoms with Crippen molar-refractivity contribution in [3.05, 3.63) is 95.3 Å². The fourth-order valence-electron chi connectivity index (χ4n) is 3.64. The number of thioether (sulfide) groups is 1. The van der Waals surface area contributed by atoms with E-state index in [-0.39, 0.29) is 11.7 Å². The van der Waals surface area contributed by atoms with Crippen molar-refractivity contribution in [1.82, 2.24) is 14.8 Å². The minimum absolute atomic E-state index is 0.0793. The van der Waals surface area contributed by atoms with E-state index in [0.717, 1.165) is 39.6 Å². The highest BCUT2D eigenvalue weighted by atomic mass is 32.2. The van der Waals surface area contributed by atoms with E-state index < -0.39 is 0 Å². The van der Waals surface area contributed by atoms with E-state index in [9.17, 15) is 4.79 Å². The molecule has 0 fully saturated rings. The maximum absolute atomic E-state index is 12.6. The van der Waals surface area contributed by atoms with Crippen LogP contribution >= 0.6 is 11.8 Å². The quantitative estimate of drug-likeness (QED) is 0.367. The van der Waals surface area contributed by atoms with Crippen molar-refractivity contribution in [2.75, 3.05) is 18.2 Å². The van der Waals surface area contributed by atoms with Gasteiger partial charge >= 0.3 is 0 Å². The summed E-state index contributed by atoms with van der Waals surface area (Å²) < 4.78 is 7.26. The van der Waals surface area contributed by atoms with Crippen LogP contribution in [0.4, 0.5) is 5.69 Å². The van der Waals surface area contributed by atoms with Crippen LogP contribution in [-0.2, 0) is 11.2 Å². The van der Waals surface area contributed by atoms with Crippen LogP contribution < -0.4 is 10.1 Å². The van der Waals surface area contributed by atoms with Gasteiger partial charge in [0.15, 0.2) is 5.16 Å². The summed E-state index contributed by atoms with van der Waals surface area (Å²) in [5.41, 5.74) is 5.10. The van der Waals surface area contributed by atoms with Crippen molar-refractivity contribution in [1.29, 1.82) is 0 Å². The monoisotopic (exact) mass is 458 g/mol. The molecule has 1 N–H and O–H groups in total.